The topological polar surface area (TPSA) is 39.1 Å². The second kappa shape index (κ2) is 6.66. The first kappa shape index (κ1) is 13.2. The highest BCUT2D eigenvalue weighted by molar-refractivity contribution is 5.03. The predicted octanol–water partition coefficient (Wildman–Crippen LogP) is 1.89. The summed E-state index contributed by atoms with van der Waals surface area (Å²) >= 11 is 0. The summed E-state index contributed by atoms with van der Waals surface area (Å²) in [5, 5.41) is 3.45. The molecule has 1 aromatic rings. The van der Waals surface area contributed by atoms with Crippen LogP contribution in [0.2, 0.25) is 0 Å². The predicted molar refractivity (Wildman–Crippen MR) is 65.3 cm³/mol. The Morgan fingerprint density at radius 1 is 1.50 bits per heavy atom. The summed E-state index contributed by atoms with van der Waals surface area (Å²) in [6.45, 7) is 7.92. The number of rotatable bonds is 7. The number of aryl methyl sites for hydroxylation is 1. The minimum Gasteiger partial charge on any atom is -0.377 e. The number of imidazole rings is 1. The number of nitrogens with zero attached hydrogens (tertiary/aromatic N) is 2. The van der Waals surface area contributed by atoms with Gasteiger partial charge in [0, 0.05) is 13.2 Å². The first-order chi connectivity index (χ1) is 7.63. The van der Waals surface area contributed by atoms with E-state index in [1.165, 1.54) is 0 Å². The van der Waals surface area contributed by atoms with Crippen LogP contribution in [0.4, 0.5) is 0 Å². The van der Waals surface area contributed by atoms with Crippen molar-refractivity contribution in [3.05, 3.63) is 18.2 Å². The molecule has 0 radical (unpaired) electrons. The van der Waals surface area contributed by atoms with Crippen molar-refractivity contribution in [1.29, 1.82) is 0 Å². The summed E-state index contributed by atoms with van der Waals surface area (Å²) in [5.41, 5.74) is 1.05. The van der Waals surface area contributed by atoms with Crippen LogP contribution in [0.1, 0.15) is 38.9 Å². The smallest absolute Gasteiger partial charge is 0.0947 e. The fourth-order valence-corrected chi connectivity index (χ4v) is 1.47. The molecule has 0 spiro atoms. The van der Waals surface area contributed by atoms with Crippen molar-refractivity contribution >= 4 is 0 Å². The second-order valence-electron chi connectivity index (χ2n) is 4.35. The van der Waals surface area contributed by atoms with Gasteiger partial charge in [-0.15, -0.1) is 0 Å². The standard InChI is InChI=1S/C12H23N3O/c1-5-6-13-12(8-16-10(2)3)11-7-15(4)9-14-11/h7,9-10,12-13H,5-6,8H2,1-4H3. The molecule has 16 heavy (non-hydrogen) atoms. The van der Waals surface area contributed by atoms with Gasteiger partial charge in [-0.2, -0.15) is 0 Å². The Labute approximate surface area is 98.0 Å². The third kappa shape index (κ3) is 4.33. The van der Waals surface area contributed by atoms with E-state index in [9.17, 15) is 0 Å². The van der Waals surface area contributed by atoms with Crippen molar-refractivity contribution in [2.24, 2.45) is 7.05 Å². The van der Waals surface area contributed by atoms with Crippen molar-refractivity contribution in [3.63, 3.8) is 0 Å². The normalized spacial score (nSPS) is 13.3. The van der Waals surface area contributed by atoms with E-state index >= 15 is 0 Å². The fourth-order valence-electron chi connectivity index (χ4n) is 1.47. The van der Waals surface area contributed by atoms with Crippen LogP contribution in [0.3, 0.4) is 0 Å². The molecule has 1 unspecified atom stereocenters. The highest BCUT2D eigenvalue weighted by Gasteiger charge is 2.13. The quantitative estimate of drug-likeness (QED) is 0.770. The zero-order chi connectivity index (χ0) is 12.0. The zero-order valence-corrected chi connectivity index (χ0v) is 10.7. The van der Waals surface area contributed by atoms with Crippen molar-refractivity contribution in [2.75, 3.05) is 13.2 Å². The van der Waals surface area contributed by atoms with Crippen LogP contribution in [-0.4, -0.2) is 28.8 Å². The highest BCUT2D eigenvalue weighted by Crippen LogP contribution is 2.11. The Hall–Kier alpha value is -0.870. The van der Waals surface area contributed by atoms with E-state index in [-0.39, 0.29) is 12.1 Å². The lowest BCUT2D eigenvalue weighted by Gasteiger charge is -2.18. The molecule has 0 fully saturated rings. The average Bonchev–Trinajstić information content (AvgIpc) is 2.64. The van der Waals surface area contributed by atoms with Gasteiger partial charge in [-0.25, -0.2) is 4.98 Å². The molecule has 0 amide bonds. The number of ether oxygens (including phenoxy) is 1. The van der Waals surface area contributed by atoms with Crippen LogP contribution in [0.5, 0.6) is 0 Å². The Morgan fingerprint density at radius 2 is 2.25 bits per heavy atom. The van der Waals surface area contributed by atoms with E-state index in [1.807, 2.05) is 24.1 Å². The van der Waals surface area contributed by atoms with E-state index in [2.05, 4.69) is 31.1 Å². The van der Waals surface area contributed by atoms with Crippen LogP contribution in [0, 0.1) is 0 Å². The monoisotopic (exact) mass is 225 g/mol. The fraction of sp³-hybridized carbons (Fsp3) is 0.750. The van der Waals surface area contributed by atoms with Gasteiger partial charge in [-0.1, -0.05) is 6.92 Å². The minimum atomic E-state index is 0.198. The van der Waals surface area contributed by atoms with Gasteiger partial charge in [0.15, 0.2) is 0 Å². The number of aromatic nitrogens is 2. The van der Waals surface area contributed by atoms with Crippen LogP contribution in [0.25, 0.3) is 0 Å². The molecule has 1 atom stereocenters. The molecule has 4 nitrogen and oxygen atoms in total. The summed E-state index contributed by atoms with van der Waals surface area (Å²) in [7, 11) is 1.98. The molecule has 0 aliphatic heterocycles. The van der Waals surface area contributed by atoms with Gasteiger partial charge in [0.25, 0.3) is 0 Å². The maximum Gasteiger partial charge on any atom is 0.0947 e. The van der Waals surface area contributed by atoms with Crippen LogP contribution in [-0.2, 0) is 11.8 Å². The maximum absolute atomic E-state index is 5.65. The number of nitrogens with one attached hydrogen (secondary N) is 1. The second-order valence-corrected chi connectivity index (χ2v) is 4.35. The van der Waals surface area contributed by atoms with Gasteiger partial charge >= 0.3 is 0 Å². The van der Waals surface area contributed by atoms with E-state index in [4.69, 9.17) is 4.74 Å². The van der Waals surface area contributed by atoms with E-state index < -0.39 is 0 Å². The molecule has 0 saturated heterocycles. The van der Waals surface area contributed by atoms with Gasteiger partial charge in [-0.05, 0) is 26.8 Å². The first-order valence-electron chi connectivity index (χ1n) is 5.96. The molecular formula is C12H23N3O. The molecule has 0 saturated carbocycles. The Kier molecular flexibility index (Phi) is 5.49. The van der Waals surface area contributed by atoms with Gasteiger partial charge < -0.3 is 14.6 Å². The van der Waals surface area contributed by atoms with E-state index in [0.29, 0.717) is 6.61 Å². The van der Waals surface area contributed by atoms with Crippen LogP contribution < -0.4 is 5.32 Å². The lowest BCUT2D eigenvalue weighted by Crippen LogP contribution is -2.27. The molecule has 92 valence electrons. The molecule has 1 aromatic heterocycles. The molecular weight excluding hydrogens is 202 g/mol. The molecule has 0 aromatic carbocycles. The first-order valence-corrected chi connectivity index (χ1v) is 5.96. The van der Waals surface area contributed by atoms with Crippen molar-refractivity contribution < 1.29 is 4.74 Å². The highest BCUT2D eigenvalue weighted by atomic mass is 16.5. The number of hydrogen-bond donors (Lipinski definition) is 1. The largest absolute Gasteiger partial charge is 0.377 e. The van der Waals surface area contributed by atoms with Gasteiger partial charge in [0.1, 0.15) is 0 Å². The summed E-state index contributed by atoms with van der Waals surface area (Å²) in [4.78, 5) is 4.37. The molecule has 4 heteroatoms. The maximum atomic E-state index is 5.65. The summed E-state index contributed by atoms with van der Waals surface area (Å²) in [5.74, 6) is 0. The van der Waals surface area contributed by atoms with Crippen LogP contribution in [0.15, 0.2) is 12.5 Å². The molecule has 0 aliphatic carbocycles. The van der Waals surface area contributed by atoms with E-state index in [1.54, 1.807) is 0 Å². The Bertz CT molecular complexity index is 296. The minimum absolute atomic E-state index is 0.198. The SMILES string of the molecule is CCCNC(COC(C)C)c1cn(C)cn1. The third-order valence-corrected chi connectivity index (χ3v) is 2.32. The van der Waals surface area contributed by atoms with Gasteiger partial charge in [-0.3, -0.25) is 0 Å². The third-order valence-electron chi connectivity index (χ3n) is 2.32. The van der Waals surface area contributed by atoms with Crippen molar-refractivity contribution in [2.45, 2.75) is 39.3 Å². The molecule has 1 N–H and O–H groups in total. The number of hydrogen-bond acceptors (Lipinski definition) is 3. The molecule has 1 rings (SSSR count). The summed E-state index contributed by atoms with van der Waals surface area (Å²) < 4.78 is 7.62. The molecule has 0 aliphatic rings. The Morgan fingerprint density at radius 3 is 2.75 bits per heavy atom. The van der Waals surface area contributed by atoms with Crippen LogP contribution >= 0.6 is 0 Å². The summed E-state index contributed by atoms with van der Waals surface area (Å²) in [6.07, 6.45) is 5.24. The van der Waals surface area contributed by atoms with Gasteiger partial charge in [0.2, 0.25) is 0 Å². The molecule has 1 heterocycles. The van der Waals surface area contributed by atoms with Crippen molar-refractivity contribution in [1.82, 2.24) is 14.9 Å². The summed E-state index contributed by atoms with van der Waals surface area (Å²) in [6, 6.07) is 0.198. The van der Waals surface area contributed by atoms with E-state index in [0.717, 1.165) is 18.7 Å². The lowest BCUT2D eigenvalue weighted by molar-refractivity contribution is 0.0604. The molecule has 0 bridgehead atoms. The Balaban J connectivity index is 2.55. The average molecular weight is 225 g/mol. The zero-order valence-electron chi connectivity index (χ0n) is 10.7. The van der Waals surface area contributed by atoms with Gasteiger partial charge in [0.05, 0.1) is 30.8 Å². The lowest BCUT2D eigenvalue weighted by atomic mass is 10.2. The van der Waals surface area contributed by atoms with Crippen molar-refractivity contribution in [3.8, 4) is 0 Å².